The van der Waals surface area contributed by atoms with E-state index in [9.17, 15) is 20.1 Å². The summed E-state index contributed by atoms with van der Waals surface area (Å²) in [5.74, 6) is 0.400. The molecule has 1 aromatic rings. The maximum Gasteiger partial charge on any atom is 0.334 e. The fourth-order valence-electron chi connectivity index (χ4n) is 5.45. The van der Waals surface area contributed by atoms with E-state index in [1.807, 2.05) is 12.1 Å². The van der Waals surface area contributed by atoms with Crippen molar-refractivity contribution in [1.29, 1.82) is 0 Å². The van der Waals surface area contributed by atoms with Crippen molar-refractivity contribution in [2.24, 2.45) is 5.92 Å². The molecule has 2 aliphatic rings. The van der Waals surface area contributed by atoms with Crippen molar-refractivity contribution in [3.05, 3.63) is 34.9 Å². The van der Waals surface area contributed by atoms with Crippen molar-refractivity contribution in [3.8, 4) is 11.5 Å². The second kappa shape index (κ2) is 10.7. The van der Waals surface area contributed by atoms with Crippen LogP contribution in [0.2, 0.25) is 0 Å². The average Bonchev–Trinajstić information content (AvgIpc) is 2.79. The maximum absolute atomic E-state index is 12.7. The Kier molecular flexibility index (Phi) is 8.35. The van der Waals surface area contributed by atoms with Gasteiger partial charge in [-0.1, -0.05) is 52.5 Å². The van der Waals surface area contributed by atoms with Crippen molar-refractivity contribution in [3.63, 3.8) is 0 Å². The van der Waals surface area contributed by atoms with E-state index in [2.05, 4.69) is 40.7 Å². The van der Waals surface area contributed by atoms with Gasteiger partial charge in [-0.15, -0.1) is 0 Å². The highest BCUT2D eigenvalue weighted by atomic mass is 16.6. The highest BCUT2D eigenvalue weighted by Crippen LogP contribution is 2.55. The summed E-state index contributed by atoms with van der Waals surface area (Å²) >= 11 is 0. The van der Waals surface area contributed by atoms with E-state index >= 15 is 0 Å². The summed E-state index contributed by atoms with van der Waals surface area (Å²) in [5, 5.41) is 29.7. The van der Waals surface area contributed by atoms with Gasteiger partial charge in [0.1, 0.15) is 23.2 Å². The van der Waals surface area contributed by atoms with Crippen LogP contribution in [0.3, 0.4) is 0 Å². The lowest BCUT2D eigenvalue weighted by Crippen LogP contribution is -2.46. The Morgan fingerprint density at radius 2 is 1.91 bits per heavy atom. The smallest absolute Gasteiger partial charge is 0.334 e. The predicted octanol–water partition coefficient (Wildman–Crippen LogP) is 5.13. The minimum atomic E-state index is -0.931. The molecule has 1 aliphatic carbocycles. The Morgan fingerprint density at radius 3 is 2.56 bits per heavy atom. The lowest BCUT2D eigenvalue weighted by atomic mass is 9.66. The number of aliphatic hydroxyl groups excluding tert-OH is 2. The molecule has 2 atom stereocenters. The van der Waals surface area contributed by atoms with Crippen molar-refractivity contribution in [2.45, 2.75) is 103 Å². The molecule has 0 saturated carbocycles. The molecule has 0 saturated heterocycles. The number of aromatic hydroxyl groups is 1. The van der Waals surface area contributed by atoms with Crippen LogP contribution in [-0.2, 0) is 14.9 Å². The van der Waals surface area contributed by atoms with E-state index < -0.39 is 30.9 Å². The van der Waals surface area contributed by atoms with E-state index in [1.165, 1.54) is 19.3 Å². The number of allylic oxidation sites excluding steroid dienone is 1. The molecular weight excluding hydrogens is 432 g/mol. The zero-order valence-corrected chi connectivity index (χ0v) is 21.4. The summed E-state index contributed by atoms with van der Waals surface area (Å²) in [6.07, 6.45) is 7.82. The maximum atomic E-state index is 12.7. The summed E-state index contributed by atoms with van der Waals surface area (Å²) in [6, 6.07) is 3.96. The molecular formula is C28H42O6. The van der Waals surface area contributed by atoms with Gasteiger partial charge in [-0.2, -0.15) is 0 Å². The molecule has 0 spiro atoms. The summed E-state index contributed by atoms with van der Waals surface area (Å²) in [7, 11) is 0. The second-order valence-electron chi connectivity index (χ2n) is 11.1. The van der Waals surface area contributed by atoms with Crippen LogP contribution < -0.4 is 4.74 Å². The molecule has 1 aliphatic heterocycles. The van der Waals surface area contributed by atoms with Gasteiger partial charge in [0, 0.05) is 23.0 Å². The minimum absolute atomic E-state index is 0.0877. The number of phenols is 1. The van der Waals surface area contributed by atoms with Gasteiger partial charge < -0.3 is 24.8 Å². The Morgan fingerprint density at radius 1 is 1.21 bits per heavy atom. The number of aliphatic hydroxyl groups is 2. The number of unbranched alkanes of at least 4 members (excludes halogenated alkanes) is 3. The molecule has 0 unspecified atom stereocenters. The molecule has 6 heteroatoms. The van der Waals surface area contributed by atoms with Crippen LogP contribution in [-0.4, -0.2) is 46.2 Å². The summed E-state index contributed by atoms with van der Waals surface area (Å²) in [6.45, 7) is 9.92. The predicted molar refractivity (Wildman–Crippen MR) is 132 cm³/mol. The lowest BCUT2D eigenvalue weighted by molar-refractivity contribution is -0.149. The van der Waals surface area contributed by atoms with Gasteiger partial charge in [0.25, 0.3) is 0 Å². The molecule has 6 nitrogen and oxygen atoms in total. The van der Waals surface area contributed by atoms with Crippen LogP contribution in [0, 0.1) is 5.92 Å². The van der Waals surface area contributed by atoms with E-state index in [0.29, 0.717) is 24.2 Å². The fourth-order valence-corrected chi connectivity index (χ4v) is 5.45. The molecule has 34 heavy (non-hydrogen) atoms. The van der Waals surface area contributed by atoms with Crippen LogP contribution in [0.5, 0.6) is 11.5 Å². The molecule has 0 amide bonds. The SMILES string of the molecule is CCCCCCC(C)(C)c1cc(O)c2c(c1)OC(C)(C)[C@@H]1CC=C(C(=O)OC(CO)CO)C[C@@H]21. The number of hydrogen-bond donors (Lipinski definition) is 3. The van der Waals surface area contributed by atoms with E-state index in [4.69, 9.17) is 9.47 Å². The Labute approximate surface area is 204 Å². The molecule has 1 aromatic carbocycles. The third-order valence-corrected chi connectivity index (χ3v) is 7.68. The van der Waals surface area contributed by atoms with Crippen LogP contribution in [0.25, 0.3) is 0 Å². The van der Waals surface area contributed by atoms with Crippen molar-refractivity contribution in [2.75, 3.05) is 13.2 Å². The Balaban J connectivity index is 1.89. The van der Waals surface area contributed by atoms with E-state index in [-0.39, 0.29) is 23.0 Å². The minimum Gasteiger partial charge on any atom is -0.508 e. The number of phenolic OH excluding ortho intramolecular Hbond substituents is 1. The van der Waals surface area contributed by atoms with Gasteiger partial charge in [-0.25, -0.2) is 4.79 Å². The zero-order valence-electron chi connectivity index (χ0n) is 21.4. The monoisotopic (exact) mass is 474 g/mol. The van der Waals surface area contributed by atoms with Crippen molar-refractivity contribution >= 4 is 5.97 Å². The molecule has 1 heterocycles. The van der Waals surface area contributed by atoms with Gasteiger partial charge in [0.2, 0.25) is 0 Å². The van der Waals surface area contributed by atoms with Crippen LogP contribution in [0.4, 0.5) is 0 Å². The highest BCUT2D eigenvalue weighted by molar-refractivity contribution is 5.89. The van der Waals surface area contributed by atoms with E-state index in [0.717, 1.165) is 24.0 Å². The summed E-state index contributed by atoms with van der Waals surface area (Å²) < 4.78 is 11.7. The van der Waals surface area contributed by atoms with Crippen LogP contribution >= 0.6 is 0 Å². The molecule has 0 radical (unpaired) electrons. The lowest BCUT2D eigenvalue weighted by Gasteiger charge is -2.47. The fraction of sp³-hybridized carbons (Fsp3) is 0.679. The van der Waals surface area contributed by atoms with Gasteiger partial charge in [0.05, 0.1) is 13.2 Å². The normalized spacial score (nSPS) is 21.4. The third kappa shape index (κ3) is 5.60. The largest absolute Gasteiger partial charge is 0.508 e. The van der Waals surface area contributed by atoms with Gasteiger partial charge in [-0.3, -0.25) is 0 Å². The topological polar surface area (TPSA) is 96.2 Å². The summed E-state index contributed by atoms with van der Waals surface area (Å²) in [4.78, 5) is 12.7. The van der Waals surface area contributed by atoms with Crippen LogP contribution in [0.15, 0.2) is 23.8 Å². The Bertz CT molecular complexity index is 896. The first-order valence-electron chi connectivity index (χ1n) is 12.7. The quantitative estimate of drug-likeness (QED) is 0.321. The molecule has 3 N–H and O–H groups in total. The molecule has 190 valence electrons. The molecule has 3 rings (SSSR count). The van der Waals surface area contributed by atoms with Gasteiger partial charge in [0.15, 0.2) is 0 Å². The highest BCUT2D eigenvalue weighted by Gasteiger charge is 2.47. The number of fused-ring (bicyclic) bond motifs is 3. The van der Waals surface area contributed by atoms with E-state index in [1.54, 1.807) is 0 Å². The number of rotatable bonds is 10. The average molecular weight is 475 g/mol. The molecule has 0 aromatic heterocycles. The molecule has 0 fully saturated rings. The standard InChI is InChI=1S/C28H42O6/c1-6-7-8-9-12-27(2,3)19-14-23(31)25-21-13-18(26(32)33-20(16-29)17-30)10-11-22(21)28(4,5)34-24(25)15-19/h10,14-15,20-22,29-31H,6-9,11-13,16-17H2,1-5H3/t21-,22-/m1/s1. The van der Waals surface area contributed by atoms with Gasteiger partial charge in [-0.05, 0) is 56.2 Å². The van der Waals surface area contributed by atoms with Crippen molar-refractivity contribution in [1.82, 2.24) is 0 Å². The third-order valence-electron chi connectivity index (χ3n) is 7.68. The number of ether oxygens (including phenoxy) is 2. The first-order valence-corrected chi connectivity index (χ1v) is 12.7. The van der Waals surface area contributed by atoms with Crippen molar-refractivity contribution < 1.29 is 29.6 Å². The van der Waals surface area contributed by atoms with Crippen LogP contribution in [0.1, 0.15) is 96.6 Å². The Hall–Kier alpha value is -2.05. The van der Waals surface area contributed by atoms with Gasteiger partial charge >= 0.3 is 5.97 Å². The first kappa shape index (κ1) is 26.6. The number of benzene rings is 1. The number of carbonyl (C=O) groups excluding carboxylic acids is 1. The second-order valence-corrected chi connectivity index (χ2v) is 11.1. The number of hydrogen-bond acceptors (Lipinski definition) is 6. The first-order chi connectivity index (χ1) is 16.0. The number of carbonyl (C=O) groups is 1. The zero-order chi connectivity index (χ0) is 25.1. The number of esters is 1. The summed E-state index contributed by atoms with van der Waals surface area (Å²) in [5.41, 5.74) is 1.79. The molecule has 0 bridgehead atoms.